The van der Waals surface area contributed by atoms with Crippen molar-refractivity contribution in [3.8, 4) is 0 Å². The van der Waals surface area contributed by atoms with Gasteiger partial charge in [-0.25, -0.2) is 0 Å². The highest BCUT2D eigenvalue weighted by molar-refractivity contribution is 4.51. The van der Waals surface area contributed by atoms with Gasteiger partial charge < -0.3 is 9.59 Å². The van der Waals surface area contributed by atoms with Crippen molar-refractivity contribution in [2.75, 3.05) is 32.8 Å². The van der Waals surface area contributed by atoms with Crippen molar-refractivity contribution < 1.29 is 9.59 Å². The van der Waals surface area contributed by atoms with Crippen LogP contribution >= 0.6 is 0 Å². The molecule has 1 N–H and O–H groups in total. The fourth-order valence-electron chi connectivity index (χ4n) is 3.80. The van der Waals surface area contributed by atoms with Crippen LogP contribution in [0.3, 0.4) is 0 Å². The van der Waals surface area contributed by atoms with Crippen LogP contribution in [0.4, 0.5) is 0 Å². The Hall–Kier alpha value is -0.0800. The Morgan fingerprint density at radius 2 is 0.833 bits per heavy atom. The largest absolute Gasteiger partial charge is 0.391 e. The first-order valence-electron chi connectivity index (χ1n) is 11.2. The Morgan fingerprint density at radius 3 is 1.25 bits per heavy atom. The van der Waals surface area contributed by atoms with Crippen LogP contribution in [0.1, 0.15) is 111 Å². The lowest BCUT2D eigenvalue weighted by molar-refractivity contribution is -0.929. The van der Waals surface area contributed by atoms with Gasteiger partial charge in [0, 0.05) is 0 Å². The average molecular weight is 343 g/mol. The average Bonchev–Trinajstić information content (AvgIpc) is 2.60. The summed E-state index contributed by atoms with van der Waals surface area (Å²) >= 11 is 0. The highest BCUT2D eigenvalue weighted by atomic mass is 16.3. The van der Waals surface area contributed by atoms with Crippen molar-refractivity contribution in [1.29, 1.82) is 0 Å². The standard InChI is InChI=1S/C22H48NO/c1-4-7-10-11-12-13-14-15-16-17-20-23(21-22-24,18-8-5-2)19-9-6-3/h24H,4-22H2,1-3H3/q+1. The third-order valence-electron chi connectivity index (χ3n) is 5.53. The Labute approximate surface area is 153 Å². The second-order valence-electron chi connectivity index (χ2n) is 7.85. The van der Waals surface area contributed by atoms with Crippen molar-refractivity contribution in [2.45, 2.75) is 111 Å². The second-order valence-corrected chi connectivity index (χ2v) is 7.85. The maximum absolute atomic E-state index is 9.55. The summed E-state index contributed by atoms with van der Waals surface area (Å²) in [5, 5.41) is 9.55. The zero-order valence-electron chi connectivity index (χ0n) is 17.3. The second kappa shape index (κ2) is 17.7. The Kier molecular flexibility index (Phi) is 17.7. The summed E-state index contributed by atoms with van der Waals surface area (Å²) < 4.78 is 1.18. The van der Waals surface area contributed by atoms with E-state index in [0.29, 0.717) is 6.61 Å². The van der Waals surface area contributed by atoms with E-state index in [1.165, 1.54) is 114 Å². The minimum atomic E-state index is 0.352. The SMILES string of the molecule is CCCCCCCCCCCC[N+](CCO)(CCCC)CCCC. The molecular weight excluding hydrogens is 294 g/mol. The summed E-state index contributed by atoms with van der Waals surface area (Å²) in [6, 6.07) is 0. The maximum atomic E-state index is 9.55. The fourth-order valence-corrected chi connectivity index (χ4v) is 3.80. The summed E-state index contributed by atoms with van der Waals surface area (Å²) in [6.07, 6.45) is 19.3. The molecule has 0 amide bonds. The molecule has 0 radical (unpaired) electrons. The van der Waals surface area contributed by atoms with E-state index < -0.39 is 0 Å². The highest BCUT2D eigenvalue weighted by Gasteiger charge is 2.24. The number of aliphatic hydroxyl groups excluding tert-OH is 1. The van der Waals surface area contributed by atoms with Crippen LogP contribution in [0.2, 0.25) is 0 Å². The highest BCUT2D eigenvalue weighted by Crippen LogP contribution is 2.16. The van der Waals surface area contributed by atoms with Crippen LogP contribution in [-0.4, -0.2) is 42.4 Å². The number of hydrogen-bond acceptors (Lipinski definition) is 1. The molecule has 0 unspecified atom stereocenters. The summed E-state index contributed by atoms with van der Waals surface area (Å²) in [7, 11) is 0. The van der Waals surface area contributed by atoms with Crippen LogP contribution < -0.4 is 0 Å². The topological polar surface area (TPSA) is 20.2 Å². The third kappa shape index (κ3) is 13.2. The lowest BCUT2D eigenvalue weighted by atomic mass is 10.1. The van der Waals surface area contributed by atoms with Gasteiger partial charge >= 0.3 is 0 Å². The van der Waals surface area contributed by atoms with Gasteiger partial charge in [-0.05, 0) is 25.7 Å². The van der Waals surface area contributed by atoms with E-state index in [-0.39, 0.29) is 0 Å². The third-order valence-corrected chi connectivity index (χ3v) is 5.53. The van der Waals surface area contributed by atoms with Gasteiger partial charge in [0.1, 0.15) is 6.54 Å². The molecule has 0 bridgehead atoms. The van der Waals surface area contributed by atoms with Gasteiger partial charge in [0.25, 0.3) is 0 Å². The van der Waals surface area contributed by atoms with E-state index in [0.717, 1.165) is 6.54 Å². The molecule has 24 heavy (non-hydrogen) atoms. The molecule has 2 heteroatoms. The Bertz CT molecular complexity index is 234. The molecule has 0 aromatic carbocycles. The van der Waals surface area contributed by atoms with Crippen molar-refractivity contribution in [3.05, 3.63) is 0 Å². The first kappa shape index (κ1) is 23.9. The van der Waals surface area contributed by atoms with Gasteiger partial charge in [-0.3, -0.25) is 0 Å². The van der Waals surface area contributed by atoms with Gasteiger partial charge in [-0.2, -0.15) is 0 Å². The van der Waals surface area contributed by atoms with E-state index in [9.17, 15) is 5.11 Å². The molecular formula is C22H48NO+. The van der Waals surface area contributed by atoms with Gasteiger partial charge in [0.2, 0.25) is 0 Å². The predicted molar refractivity (Wildman–Crippen MR) is 108 cm³/mol. The Morgan fingerprint density at radius 1 is 0.458 bits per heavy atom. The fraction of sp³-hybridized carbons (Fsp3) is 1.00. The Balaban J connectivity index is 3.90. The zero-order valence-corrected chi connectivity index (χ0v) is 17.3. The molecule has 0 rings (SSSR count). The van der Waals surface area contributed by atoms with Crippen LogP contribution in [0.25, 0.3) is 0 Å². The van der Waals surface area contributed by atoms with E-state index in [2.05, 4.69) is 20.8 Å². The van der Waals surface area contributed by atoms with Gasteiger partial charge in [-0.1, -0.05) is 85.0 Å². The van der Waals surface area contributed by atoms with Gasteiger partial charge in [0.15, 0.2) is 0 Å². The molecule has 0 aromatic heterocycles. The van der Waals surface area contributed by atoms with E-state index in [4.69, 9.17) is 0 Å². The summed E-state index contributed by atoms with van der Waals surface area (Å²) in [6.45, 7) is 12.0. The van der Waals surface area contributed by atoms with Crippen molar-refractivity contribution in [1.82, 2.24) is 0 Å². The lowest BCUT2D eigenvalue weighted by Gasteiger charge is -2.38. The monoisotopic (exact) mass is 342 g/mol. The van der Waals surface area contributed by atoms with Crippen molar-refractivity contribution >= 4 is 0 Å². The number of quaternary nitrogens is 1. The van der Waals surface area contributed by atoms with Crippen LogP contribution in [0.5, 0.6) is 0 Å². The molecule has 2 nitrogen and oxygen atoms in total. The molecule has 0 aliphatic rings. The summed E-state index contributed by atoms with van der Waals surface area (Å²) in [4.78, 5) is 0. The first-order valence-corrected chi connectivity index (χ1v) is 11.2. The van der Waals surface area contributed by atoms with Crippen LogP contribution in [-0.2, 0) is 0 Å². The van der Waals surface area contributed by atoms with Crippen molar-refractivity contribution in [3.63, 3.8) is 0 Å². The van der Waals surface area contributed by atoms with Gasteiger partial charge in [-0.15, -0.1) is 0 Å². The normalized spacial score (nSPS) is 12.0. The van der Waals surface area contributed by atoms with E-state index in [1.54, 1.807) is 0 Å². The van der Waals surface area contributed by atoms with Crippen molar-refractivity contribution in [2.24, 2.45) is 0 Å². The molecule has 0 spiro atoms. The number of rotatable bonds is 19. The van der Waals surface area contributed by atoms with E-state index >= 15 is 0 Å². The molecule has 0 atom stereocenters. The maximum Gasteiger partial charge on any atom is 0.102 e. The minimum Gasteiger partial charge on any atom is -0.391 e. The molecule has 0 aliphatic carbocycles. The van der Waals surface area contributed by atoms with Gasteiger partial charge in [0.05, 0.1) is 26.2 Å². The quantitative estimate of drug-likeness (QED) is 0.215. The zero-order chi connectivity index (χ0) is 17.9. The molecule has 0 heterocycles. The molecule has 0 saturated heterocycles. The smallest absolute Gasteiger partial charge is 0.102 e. The van der Waals surface area contributed by atoms with Crippen LogP contribution in [0.15, 0.2) is 0 Å². The predicted octanol–water partition coefficient (Wildman–Crippen LogP) is 6.32. The summed E-state index contributed by atoms with van der Waals surface area (Å²) in [5.74, 6) is 0. The number of aliphatic hydroxyl groups is 1. The van der Waals surface area contributed by atoms with Crippen LogP contribution in [0, 0.1) is 0 Å². The molecule has 0 aromatic rings. The summed E-state index contributed by atoms with van der Waals surface area (Å²) in [5.41, 5.74) is 0. The molecule has 0 saturated carbocycles. The number of unbranched alkanes of at least 4 members (excludes halogenated alkanes) is 11. The first-order chi connectivity index (χ1) is 11.7. The molecule has 146 valence electrons. The number of nitrogens with zero attached hydrogens (tertiary/aromatic N) is 1. The number of hydrogen-bond donors (Lipinski definition) is 1. The molecule has 0 aliphatic heterocycles. The lowest BCUT2D eigenvalue weighted by Crippen LogP contribution is -2.51. The minimum absolute atomic E-state index is 0.352. The molecule has 0 fully saturated rings. The van der Waals surface area contributed by atoms with E-state index in [1.807, 2.05) is 0 Å².